The highest BCUT2D eigenvalue weighted by Crippen LogP contribution is 2.30. The molecule has 120 valence electrons. The van der Waals surface area contributed by atoms with Gasteiger partial charge >= 0.3 is 0 Å². The molecule has 3 aromatic heterocycles. The van der Waals surface area contributed by atoms with Crippen molar-refractivity contribution >= 4 is 11.0 Å². The molecular weight excluding hydrogens is 292 g/mol. The molecular formula is C17H20N4O2. The Kier molecular flexibility index (Phi) is 4.64. The maximum absolute atomic E-state index is 5.72. The zero-order chi connectivity index (χ0) is 16.2. The second-order valence-corrected chi connectivity index (χ2v) is 5.05. The lowest BCUT2D eigenvalue weighted by Gasteiger charge is -2.17. The zero-order valence-electron chi connectivity index (χ0n) is 13.6. The molecule has 0 aliphatic heterocycles. The van der Waals surface area contributed by atoms with Gasteiger partial charge in [0.15, 0.2) is 11.9 Å². The minimum absolute atomic E-state index is 0.444. The van der Waals surface area contributed by atoms with E-state index in [4.69, 9.17) is 14.5 Å². The zero-order valence-corrected chi connectivity index (χ0v) is 13.6. The summed E-state index contributed by atoms with van der Waals surface area (Å²) in [5, 5.41) is 5.37. The summed E-state index contributed by atoms with van der Waals surface area (Å²) in [5.74, 6) is 0. The monoisotopic (exact) mass is 312 g/mol. The summed E-state index contributed by atoms with van der Waals surface area (Å²) < 4.78 is 13.1. The molecule has 0 aliphatic rings. The van der Waals surface area contributed by atoms with Crippen molar-refractivity contribution in [3.63, 3.8) is 0 Å². The summed E-state index contributed by atoms with van der Waals surface area (Å²) in [4.78, 5) is 8.84. The highest BCUT2D eigenvalue weighted by molar-refractivity contribution is 5.82. The molecule has 1 atom stereocenters. The molecule has 6 heteroatoms. The number of fused-ring (bicyclic) bond motifs is 1. The first-order valence-corrected chi connectivity index (χ1v) is 7.69. The third-order valence-corrected chi connectivity index (χ3v) is 3.70. The number of nitrogens with zero attached hydrogens (tertiary/aromatic N) is 4. The van der Waals surface area contributed by atoms with Crippen molar-refractivity contribution in [2.45, 2.75) is 26.7 Å². The minimum Gasteiger partial charge on any atom is -0.352 e. The standard InChI is InChI=1S/C17H20N4O2/c1-4-21-16-14(11-19-21)13(17(22-3)23-5-2)10-15(20-16)12-6-8-18-9-7-12/h6-11,17H,4-5H2,1-3H3. The van der Waals surface area contributed by atoms with Crippen molar-refractivity contribution in [2.75, 3.05) is 13.7 Å². The molecule has 0 bridgehead atoms. The predicted molar refractivity (Wildman–Crippen MR) is 87.8 cm³/mol. The Hall–Kier alpha value is -2.31. The van der Waals surface area contributed by atoms with Crippen LogP contribution in [0.15, 0.2) is 36.8 Å². The summed E-state index contributed by atoms with van der Waals surface area (Å²) >= 11 is 0. The summed E-state index contributed by atoms with van der Waals surface area (Å²) in [6.45, 7) is 5.31. The van der Waals surface area contributed by atoms with E-state index in [2.05, 4.69) is 10.1 Å². The third-order valence-electron chi connectivity index (χ3n) is 3.70. The predicted octanol–water partition coefficient (Wildman–Crippen LogP) is 3.19. The van der Waals surface area contributed by atoms with Crippen LogP contribution < -0.4 is 0 Å². The van der Waals surface area contributed by atoms with Crippen LogP contribution in [0.25, 0.3) is 22.3 Å². The van der Waals surface area contributed by atoms with Crippen LogP contribution in [0.5, 0.6) is 0 Å². The topological polar surface area (TPSA) is 62.1 Å². The van der Waals surface area contributed by atoms with Gasteiger partial charge in [-0.25, -0.2) is 9.67 Å². The fraction of sp³-hybridized carbons (Fsp3) is 0.353. The quantitative estimate of drug-likeness (QED) is 0.654. The van der Waals surface area contributed by atoms with Crippen molar-refractivity contribution in [1.82, 2.24) is 19.7 Å². The molecule has 0 amide bonds. The maximum atomic E-state index is 5.72. The average Bonchev–Trinajstić information content (AvgIpc) is 3.03. The third kappa shape index (κ3) is 2.95. The van der Waals surface area contributed by atoms with E-state index in [1.54, 1.807) is 19.5 Å². The number of aryl methyl sites for hydroxylation is 1. The molecule has 3 heterocycles. The largest absolute Gasteiger partial charge is 0.352 e. The Balaban J connectivity index is 2.22. The Morgan fingerprint density at radius 3 is 2.65 bits per heavy atom. The maximum Gasteiger partial charge on any atom is 0.184 e. The van der Waals surface area contributed by atoms with Gasteiger partial charge in [0.25, 0.3) is 0 Å². The molecule has 0 saturated carbocycles. The van der Waals surface area contributed by atoms with E-state index in [0.29, 0.717) is 6.61 Å². The summed E-state index contributed by atoms with van der Waals surface area (Å²) in [6.07, 6.45) is 4.89. The van der Waals surface area contributed by atoms with Gasteiger partial charge in [-0.1, -0.05) is 0 Å². The van der Waals surface area contributed by atoms with E-state index in [1.807, 2.05) is 42.9 Å². The first kappa shape index (κ1) is 15.6. The van der Waals surface area contributed by atoms with Crippen LogP contribution in [0.4, 0.5) is 0 Å². The Morgan fingerprint density at radius 2 is 2.00 bits per heavy atom. The van der Waals surface area contributed by atoms with E-state index < -0.39 is 6.29 Å². The molecule has 0 spiro atoms. The fourth-order valence-electron chi connectivity index (χ4n) is 2.61. The smallest absolute Gasteiger partial charge is 0.184 e. The molecule has 0 N–H and O–H groups in total. The van der Waals surface area contributed by atoms with Gasteiger partial charge in [0.2, 0.25) is 0 Å². The van der Waals surface area contributed by atoms with Crippen LogP contribution in [-0.2, 0) is 16.0 Å². The normalized spacial score (nSPS) is 12.7. The van der Waals surface area contributed by atoms with Crippen molar-refractivity contribution in [2.24, 2.45) is 0 Å². The van der Waals surface area contributed by atoms with Gasteiger partial charge in [0, 0.05) is 49.2 Å². The van der Waals surface area contributed by atoms with E-state index in [0.717, 1.165) is 34.4 Å². The molecule has 23 heavy (non-hydrogen) atoms. The van der Waals surface area contributed by atoms with Crippen LogP contribution in [0.2, 0.25) is 0 Å². The lowest BCUT2D eigenvalue weighted by Crippen LogP contribution is -2.08. The molecule has 1 unspecified atom stereocenters. The second-order valence-electron chi connectivity index (χ2n) is 5.05. The molecule has 0 aliphatic carbocycles. The van der Waals surface area contributed by atoms with Gasteiger partial charge in [-0.2, -0.15) is 5.10 Å². The number of rotatable bonds is 6. The second kappa shape index (κ2) is 6.85. The van der Waals surface area contributed by atoms with Crippen molar-refractivity contribution in [3.8, 4) is 11.3 Å². The Labute approximate surface area is 135 Å². The summed E-state index contributed by atoms with van der Waals surface area (Å²) in [7, 11) is 1.64. The highest BCUT2D eigenvalue weighted by atomic mass is 16.7. The molecule has 0 aromatic carbocycles. The number of methoxy groups -OCH3 is 1. The molecule has 0 saturated heterocycles. The summed E-state index contributed by atoms with van der Waals surface area (Å²) in [6, 6.07) is 5.88. The lowest BCUT2D eigenvalue weighted by molar-refractivity contribution is -0.123. The molecule has 3 aromatic rings. The van der Waals surface area contributed by atoms with E-state index in [9.17, 15) is 0 Å². The lowest BCUT2D eigenvalue weighted by atomic mass is 10.1. The van der Waals surface area contributed by atoms with Crippen LogP contribution in [-0.4, -0.2) is 33.5 Å². The van der Waals surface area contributed by atoms with Crippen LogP contribution in [0.3, 0.4) is 0 Å². The average molecular weight is 312 g/mol. The summed E-state index contributed by atoms with van der Waals surface area (Å²) in [5.41, 5.74) is 3.62. The number of ether oxygens (including phenoxy) is 2. The van der Waals surface area contributed by atoms with Crippen molar-refractivity contribution in [1.29, 1.82) is 0 Å². The number of hydrogen-bond donors (Lipinski definition) is 0. The molecule has 0 fully saturated rings. The number of pyridine rings is 2. The molecule has 6 nitrogen and oxygen atoms in total. The molecule has 3 rings (SSSR count). The van der Waals surface area contributed by atoms with Gasteiger partial charge in [-0.3, -0.25) is 4.98 Å². The number of hydrogen-bond acceptors (Lipinski definition) is 5. The van der Waals surface area contributed by atoms with Gasteiger partial charge in [-0.15, -0.1) is 0 Å². The van der Waals surface area contributed by atoms with E-state index in [1.165, 1.54) is 0 Å². The minimum atomic E-state index is -0.444. The van der Waals surface area contributed by atoms with Gasteiger partial charge in [0.1, 0.15) is 0 Å². The van der Waals surface area contributed by atoms with Crippen LogP contribution in [0.1, 0.15) is 25.7 Å². The van der Waals surface area contributed by atoms with Crippen molar-refractivity contribution < 1.29 is 9.47 Å². The van der Waals surface area contributed by atoms with Gasteiger partial charge < -0.3 is 9.47 Å². The van der Waals surface area contributed by atoms with E-state index in [-0.39, 0.29) is 0 Å². The van der Waals surface area contributed by atoms with Crippen LogP contribution >= 0.6 is 0 Å². The fourth-order valence-corrected chi connectivity index (χ4v) is 2.61. The first-order chi connectivity index (χ1) is 11.3. The van der Waals surface area contributed by atoms with Gasteiger partial charge in [0.05, 0.1) is 11.9 Å². The Morgan fingerprint density at radius 1 is 1.22 bits per heavy atom. The highest BCUT2D eigenvalue weighted by Gasteiger charge is 2.19. The van der Waals surface area contributed by atoms with Crippen LogP contribution in [0, 0.1) is 0 Å². The SMILES string of the molecule is CCOC(OC)c1cc(-c2ccncc2)nc2c1cnn2CC. The van der Waals surface area contributed by atoms with E-state index >= 15 is 0 Å². The van der Waals surface area contributed by atoms with Gasteiger partial charge in [-0.05, 0) is 32.0 Å². The number of aromatic nitrogens is 4. The first-order valence-electron chi connectivity index (χ1n) is 7.69. The Bertz CT molecular complexity index is 786. The molecule has 0 radical (unpaired) electrons. The van der Waals surface area contributed by atoms with Crippen molar-refractivity contribution in [3.05, 3.63) is 42.4 Å².